The average Bonchev–Trinajstić information content (AvgIpc) is 2.44. The fraction of sp³-hybridized carbons (Fsp3) is 0.0714. The lowest BCUT2D eigenvalue weighted by molar-refractivity contribution is 0.102. The van der Waals surface area contributed by atoms with Gasteiger partial charge in [0.1, 0.15) is 5.82 Å². The zero-order chi connectivity index (χ0) is 15.7. The smallest absolute Gasteiger partial charge is 0.255 e. The highest BCUT2D eigenvalue weighted by Crippen LogP contribution is 2.36. The number of benzene rings is 2. The molecule has 2 rings (SSSR count). The molecule has 0 unspecified atom stereocenters. The Morgan fingerprint density at radius 2 is 1.95 bits per heavy atom. The molecule has 2 aromatic rings. The van der Waals surface area contributed by atoms with Crippen LogP contribution >= 0.6 is 39.1 Å². The van der Waals surface area contributed by atoms with Gasteiger partial charge in [-0.05, 0) is 47.1 Å². The molecule has 0 saturated heterocycles. The molecule has 0 saturated carbocycles. The van der Waals surface area contributed by atoms with E-state index in [1.807, 2.05) is 0 Å². The SMILES string of the molecule is Cc1c(N)cc(C(=O)Nc2ccc(Br)c(Cl)c2Cl)cc1F. The van der Waals surface area contributed by atoms with Crippen LogP contribution < -0.4 is 11.1 Å². The molecule has 0 fully saturated rings. The third-order valence-corrected chi connectivity index (χ3v) is 4.70. The molecule has 0 aromatic heterocycles. The van der Waals surface area contributed by atoms with Gasteiger partial charge in [0.15, 0.2) is 0 Å². The number of hydrogen-bond donors (Lipinski definition) is 2. The summed E-state index contributed by atoms with van der Waals surface area (Å²) in [5, 5.41) is 3.05. The van der Waals surface area contributed by atoms with Crippen LogP contribution in [0.3, 0.4) is 0 Å². The first-order chi connectivity index (χ1) is 9.81. The number of amides is 1. The summed E-state index contributed by atoms with van der Waals surface area (Å²) in [4.78, 5) is 12.1. The normalized spacial score (nSPS) is 10.5. The van der Waals surface area contributed by atoms with E-state index in [2.05, 4.69) is 21.2 Å². The average molecular weight is 392 g/mol. The number of halogens is 4. The molecule has 0 atom stereocenters. The van der Waals surface area contributed by atoms with Gasteiger partial charge in [-0.1, -0.05) is 23.2 Å². The fourth-order valence-electron chi connectivity index (χ4n) is 1.65. The van der Waals surface area contributed by atoms with Crippen LogP contribution in [0.25, 0.3) is 0 Å². The molecule has 0 heterocycles. The predicted octanol–water partition coefficient (Wildman–Crippen LogP) is 5.04. The van der Waals surface area contributed by atoms with Gasteiger partial charge in [-0.25, -0.2) is 4.39 Å². The van der Waals surface area contributed by atoms with Gasteiger partial charge in [-0.2, -0.15) is 0 Å². The van der Waals surface area contributed by atoms with Crippen LogP contribution in [0.15, 0.2) is 28.7 Å². The van der Waals surface area contributed by atoms with Crippen molar-refractivity contribution >= 4 is 56.4 Å². The minimum atomic E-state index is -0.542. The minimum absolute atomic E-state index is 0.103. The van der Waals surface area contributed by atoms with E-state index < -0.39 is 11.7 Å². The largest absolute Gasteiger partial charge is 0.398 e. The van der Waals surface area contributed by atoms with Crippen LogP contribution in [0.1, 0.15) is 15.9 Å². The Morgan fingerprint density at radius 3 is 2.57 bits per heavy atom. The van der Waals surface area contributed by atoms with Gasteiger partial charge in [0.05, 0.1) is 15.7 Å². The molecule has 0 bridgehead atoms. The lowest BCUT2D eigenvalue weighted by atomic mass is 10.1. The van der Waals surface area contributed by atoms with Crippen LogP contribution in [0, 0.1) is 12.7 Å². The van der Waals surface area contributed by atoms with Gasteiger partial charge < -0.3 is 11.1 Å². The van der Waals surface area contributed by atoms with Gasteiger partial charge >= 0.3 is 0 Å². The molecule has 0 aliphatic carbocycles. The summed E-state index contributed by atoms with van der Waals surface area (Å²) in [6, 6.07) is 5.76. The standard InChI is InChI=1S/C14H10BrCl2FN2O/c1-6-9(18)4-7(5-10(6)19)14(21)20-11-3-2-8(15)12(16)13(11)17/h2-5H,19H2,1H3,(H,20,21). The minimum Gasteiger partial charge on any atom is -0.398 e. The zero-order valence-electron chi connectivity index (χ0n) is 10.8. The summed E-state index contributed by atoms with van der Waals surface area (Å²) >= 11 is 15.2. The Morgan fingerprint density at radius 1 is 1.29 bits per heavy atom. The van der Waals surface area contributed by atoms with Crippen molar-refractivity contribution in [2.75, 3.05) is 11.1 Å². The Balaban J connectivity index is 2.33. The molecule has 0 aliphatic heterocycles. The molecule has 110 valence electrons. The molecule has 0 spiro atoms. The van der Waals surface area contributed by atoms with Crippen molar-refractivity contribution in [2.24, 2.45) is 0 Å². The lowest BCUT2D eigenvalue weighted by Gasteiger charge is -2.11. The summed E-state index contributed by atoms with van der Waals surface area (Å²) in [5.41, 5.74) is 6.59. The number of rotatable bonds is 2. The maximum absolute atomic E-state index is 13.6. The number of carbonyl (C=O) groups is 1. The predicted molar refractivity (Wildman–Crippen MR) is 87.7 cm³/mol. The Hall–Kier alpha value is -1.30. The van der Waals surface area contributed by atoms with E-state index in [0.29, 0.717) is 15.7 Å². The Kier molecular flexibility index (Phi) is 4.76. The van der Waals surface area contributed by atoms with E-state index in [1.54, 1.807) is 12.1 Å². The number of nitrogen functional groups attached to an aromatic ring is 1. The van der Waals surface area contributed by atoms with Gasteiger partial charge in [0, 0.05) is 21.3 Å². The van der Waals surface area contributed by atoms with Crippen molar-refractivity contribution in [2.45, 2.75) is 6.92 Å². The molecule has 0 radical (unpaired) electrons. The first kappa shape index (κ1) is 16.1. The van der Waals surface area contributed by atoms with Crippen LogP contribution in [0.4, 0.5) is 15.8 Å². The summed E-state index contributed by atoms with van der Waals surface area (Å²) < 4.78 is 14.2. The number of hydrogen-bond acceptors (Lipinski definition) is 2. The first-order valence-corrected chi connectivity index (χ1v) is 7.36. The van der Waals surface area contributed by atoms with Crippen molar-refractivity contribution in [1.82, 2.24) is 0 Å². The number of anilines is 2. The summed E-state index contributed by atoms with van der Waals surface area (Å²) in [7, 11) is 0. The van der Waals surface area contributed by atoms with Crippen LogP contribution in [-0.2, 0) is 0 Å². The van der Waals surface area contributed by atoms with Crippen LogP contribution in [-0.4, -0.2) is 5.91 Å². The zero-order valence-corrected chi connectivity index (χ0v) is 13.9. The van der Waals surface area contributed by atoms with Gasteiger partial charge in [0.25, 0.3) is 5.91 Å². The molecule has 21 heavy (non-hydrogen) atoms. The highest BCUT2D eigenvalue weighted by Gasteiger charge is 2.14. The third-order valence-electron chi connectivity index (χ3n) is 2.93. The maximum atomic E-state index is 13.6. The maximum Gasteiger partial charge on any atom is 0.255 e. The quantitative estimate of drug-likeness (QED) is 0.556. The Labute approximate surface area is 139 Å². The first-order valence-electron chi connectivity index (χ1n) is 5.81. The van der Waals surface area contributed by atoms with E-state index in [0.717, 1.165) is 6.07 Å². The van der Waals surface area contributed by atoms with E-state index in [4.69, 9.17) is 28.9 Å². The number of nitrogens with one attached hydrogen (secondary N) is 1. The van der Waals surface area contributed by atoms with Crippen LogP contribution in [0.5, 0.6) is 0 Å². The number of carbonyl (C=O) groups excluding carboxylic acids is 1. The third kappa shape index (κ3) is 3.31. The van der Waals surface area contributed by atoms with E-state index in [1.165, 1.54) is 13.0 Å². The van der Waals surface area contributed by atoms with Gasteiger partial charge in [-0.3, -0.25) is 4.79 Å². The Bertz CT molecular complexity index is 714. The summed E-state index contributed by atoms with van der Waals surface area (Å²) in [6.45, 7) is 1.54. The van der Waals surface area contributed by atoms with E-state index in [-0.39, 0.29) is 21.3 Å². The molecule has 7 heteroatoms. The van der Waals surface area contributed by atoms with Crippen molar-refractivity contribution < 1.29 is 9.18 Å². The molecular formula is C14H10BrCl2FN2O. The molecule has 3 N–H and O–H groups in total. The number of nitrogens with two attached hydrogens (primary N) is 1. The second kappa shape index (κ2) is 6.22. The summed E-state index contributed by atoms with van der Waals surface area (Å²) in [6.07, 6.45) is 0. The topological polar surface area (TPSA) is 55.1 Å². The van der Waals surface area contributed by atoms with Crippen molar-refractivity contribution in [3.63, 3.8) is 0 Å². The molecule has 0 aliphatic rings. The van der Waals surface area contributed by atoms with Crippen LogP contribution in [0.2, 0.25) is 10.0 Å². The molecule has 3 nitrogen and oxygen atoms in total. The molecular weight excluding hydrogens is 382 g/mol. The van der Waals surface area contributed by atoms with Crippen molar-refractivity contribution in [3.8, 4) is 0 Å². The fourth-order valence-corrected chi connectivity index (χ4v) is 2.47. The van der Waals surface area contributed by atoms with Crippen molar-refractivity contribution in [3.05, 3.63) is 55.7 Å². The highest BCUT2D eigenvalue weighted by atomic mass is 79.9. The molecule has 1 amide bonds. The second-order valence-electron chi connectivity index (χ2n) is 4.35. The second-order valence-corrected chi connectivity index (χ2v) is 5.96. The summed E-state index contributed by atoms with van der Waals surface area (Å²) in [5.74, 6) is -1.07. The highest BCUT2D eigenvalue weighted by molar-refractivity contribution is 9.10. The van der Waals surface area contributed by atoms with E-state index in [9.17, 15) is 9.18 Å². The lowest BCUT2D eigenvalue weighted by Crippen LogP contribution is -2.13. The van der Waals surface area contributed by atoms with E-state index >= 15 is 0 Å². The molecule has 2 aromatic carbocycles. The van der Waals surface area contributed by atoms with Gasteiger partial charge in [0.2, 0.25) is 0 Å². The van der Waals surface area contributed by atoms with Gasteiger partial charge in [-0.15, -0.1) is 0 Å². The monoisotopic (exact) mass is 390 g/mol. The van der Waals surface area contributed by atoms with Crippen molar-refractivity contribution in [1.29, 1.82) is 0 Å².